The Kier molecular flexibility index (Phi) is 6.47. The summed E-state index contributed by atoms with van der Waals surface area (Å²) >= 11 is 0. The molecular weight excluding hydrogens is 264 g/mol. The molecule has 2 atom stereocenters. The maximum atomic E-state index is 9.84. The van der Waals surface area contributed by atoms with Crippen LogP contribution in [0, 0.1) is 5.92 Å². The number of aliphatic hydroxyl groups excluding tert-OH is 1. The van der Waals surface area contributed by atoms with Crippen molar-refractivity contribution in [3.8, 4) is 0 Å². The average molecular weight is 290 g/mol. The fourth-order valence-corrected chi connectivity index (χ4v) is 2.64. The molecule has 1 fully saturated rings. The molecule has 1 aromatic heterocycles. The van der Waals surface area contributed by atoms with Gasteiger partial charge in [0.25, 0.3) is 0 Å². The Hall–Kier alpha value is -1.62. The van der Waals surface area contributed by atoms with Crippen molar-refractivity contribution < 1.29 is 5.11 Å². The minimum atomic E-state index is -0.176. The summed E-state index contributed by atoms with van der Waals surface area (Å²) in [5.41, 5.74) is 1.08. The zero-order valence-electron chi connectivity index (χ0n) is 12.8. The Balaban J connectivity index is 1.78. The molecule has 0 aliphatic heterocycles. The number of nitrogens with one attached hydrogen (secondary N) is 2. The van der Waals surface area contributed by atoms with Crippen LogP contribution >= 0.6 is 0 Å². The zero-order chi connectivity index (χ0) is 14.9. The lowest BCUT2D eigenvalue weighted by molar-refractivity contribution is 0.136. The monoisotopic (exact) mass is 290 g/mol. The van der Waals surface area contributed by atoms with Gasteiger partial charge in [-0.1, -0.05) is 12.5 Å². The van der Waals surface area contributed by atoms with E-state index in [9.17, 15) is 5.11 Å². The summed E-state index contributed by atoms with van der Waals surface area (Å²) in [5.74, 6) is 1.14. The SMILES string of the molecule is CCNC(=NCC1CCCC1O)NCCc1ccccn1. The summed E-state index contributed by atoms with van der Waals surface area (Å²) in [7, 11) is 0. The molecule has 2 unspecified atom stereocenters. The predicted molar refractivity (Wildman–Crippen MR) is 85.3 cm³/mol. The number of aliphatic hydroxyl groups is 1. The summed E-state index contributed by atoms with van der Waals surface area (Å²) in [5, 5.41) is 16.4. The molecule has 1 heterocycles. The van der Waals surface area contributed by atoms with Gasteiger partial charge in [0.05, 0.1) is 6.10 Å². The molecule has 0 spiro atoms. The van der Waals surface area contributed by atoms with E-state index in [1.54, 1.807) is 0 Å². The van der Waals surface area contributed by atoms with Crippen LogP contribution in [0.3, 0.4) is 0 Å². The van der Waals surface area contributed by atoms with Gasteiger partial charge in [-0.2, -0.15) is 0 Å². The van der Waals surface area contributed by atoms with E-state index in [0.29, 0.717) is 12.5 Å². The molecular formula is C16H26N4O. The summed E-state index contributed by atoms with van der Waals surface area (Å²) in [6.45, 7) is 4.39. The van der Waals surface area contributed by atoms with Gasteiger partial charge in [-0.25, -0.2) is 0 Å². The van der Waals surface area contributed by atoms with Gasteiger partial charge in [-0.3, -0.25) is 9.98 Å². The second-order valence-electron chi connectivity index (χ2n) is 5.48. The molecule has 0 amide bonds. The van der Waals surface area contributed by atoms with Crippen molar-refractivity contribution in [2.45, 2.75) is 38.7 Å². The molecule has 0 aromatic carbocycles. The molecule has 21 heavy (non-hydrogen) atoms. The fraction of sp³-hybridized carbons (Fsp3) is 0.625. The number of guanidine groups is 1. The second kappa shape index (κ2) is 8.62. The van der Waals surface area contributed by atoms with E-state index in [1.807, 2.05) is 24.4 Å². The molecule has 0 radical (unpaired) electrons. The molecule has 0 saturated heterocycles. The zero-order valence-corrected chi connectivity index (χ0v) is 12.8. The van der Waals surface area contributed by atoms with Crippen LogP contribution < -0.4 is 10.6 Å². The third kappa shape index (κ3) is 5.34. The van der Waals surface area contributed by atoms with Gasteiger partial charge in [0.15, 0.2) is 5.96 Å². The molecule has 3 N–H and O–H groups in total. The highest BCUT2D eigenvalue weighted by molar-refractivity contribution is 5.79. The van der Waals surface area contributed by atoms with Crippen LogP contribution in [0.25, 0.3) is 0 Å². The van der Waals surface area contributed by atoms with Crippen molar-refractivity contribution in [3.63, 3.8) is 0 Å². The van der Waals surface area contributed by atoms with Gasteiger partial charge in [-0.15, -0.1) is 0 Å². The van der Waals surface area contributed by atoms with Crippen LogP contribution in [0.15, 0.2) is 29.4 Å². The maximum Gasteiger partial charge on any atom is 0.191 e. The van der Waals surface area contributed by atoms with Crippen molar-refractivity contribution in [2.24, 2.45) is 10.9 Å². The standard InChI is InChI=1S/C16H26N4O/c1-2-17-16(20-12-13-6-5-8-15(13)21)19-11-9-14-7-3-4-10-18-14/h3-4,7,10,13,15,21H,2,5-6,8-9,11-12H2,1H3,(H2,17,19,20). The molecule has 1 aliphatic rings. The van der Waals surface area contributed by atoms with Gasteiger partial charge in [0.1, 0.15) is 0 Å². The first kappa shape index (κ1) is 15.8. The lowest BCUT2D eigenvalue weighted by atomic mass is 10.1. The van der Waals surface area contributed by atoms with E-state index in [0.717, 1.165) is 50.4 Å². The number of nitrogens with zero attached hydrogens (tertiary/aromatic N) is 2. The lowest BCUT2D eigenvalue weighted by Crippen LogP contribution is -2.39. The Morgan fingerprint density at radius 1 is 1.38 bits per heavy atom. The van der Waals surface area contributed by atoms with Crippen molar-refractivity contribution in [1.29, 1.82) is 0 Å². The third-order valence-electron chi connectivity index (χ3n) is 3.85. The minimum absolute atomic E-state index is 0.176. The normalized spacial score (nSPS) is 22.3. The average Bonchev–Trinajstić information content (AvgIpc) is 2.91. The number of aromatic nitrogens is 1. The van der Waals surface area contributed by atoms with Crippen LogP contribution in [-0.2, 0) is 6.42 Å². The van der Waals surface area contributed by atoms with E-state index < -0.39 is 0 Å². The molecule has 1 saturated carbocycles. The lowest BCUT2D eigenvalue weighted by Gasteiger charge is -2.14. The highest BCUT2D eigenvalue weighted by atomic mass is 16.3. The number of aliphatic imine (C=N–C) groups is 1. The Bertz CT molecular complexity index is 435. The largest absolute Gasteiger partial charge is 0.393 e. The minimum Gasteiger partial charge on any atom is -0.393 e. The Morgan fingerprint density at radius 3 is 2.95 bits per heavy atom. The molecule has 2 rings (SSSR count). The fourth-order valence-electron chi connectivity index (χ4n) is 2.64. The van der Waals surface area contributed by atoms with E-state index in [-0.39, 0.29) is 6.10 Å². The van der Waals surface area contributed by atoms with Gasteiger partial charge < -0.3 is 15.7 Å². The number of hydrogen-bond acceptors (Lipinski definition) is 3. The number of hydrogen-bond donors (Lipinski definition) is 3. The van der Waals surface area contributed by atoms with Gasteiger partial charge in [-0.05, 0) is 31.9 Å². The first-order valence-corrected chi connectivity index (χ1v) is 7.89. The summed E-state index contributed by atoms with van der Waals surface area (Å²) in [4.78, 5) is 8.90. The van der Waals surface area contributed by atoms with Crippen molar-refractivity contribution in [3.05, 3.63) is 30.1 Å². The molecule has 1 aromatic rings. The van der Waals surface area contributed by atoms with E-state index in [1.165, 1.54) is 0 Å². The van der Waals surface area contributed by atoms with E-state index in [2.05, 4.69) is 27.5 Å². The third-order valence-corrected chi connectivity index (χ3v) is 3.85. The van der Waals surface area contributed by atoms with Crippen LogP contribution in [0.4, 0.5) is 0 Å². The maximum absolute atomic E-state index is 9.84. The van der Waals surface area contributed by atoms with Gasteiger partial charge >= 0.3 is 0 Å². The van der Waals surface area contributed by atoms with E-state index in [4.69, 9.17) is 0 Å². The van der Waals surface area contributed by atoms with Crippen LogP contribution in [0.1, 0.15) is 31.9 Å². The first-order chi connectivity index (χ1) is 10.3. The van der Waals surface area contributed by atoms with Crippen molar-refractivity contribution in [1.82, 2.24) is 15.6 Å². The predicted octanol–water partition coefficient (Wildman–Crippen LogP) is 1.34. The summed E-state index contributed by atoms with van der Waals surface area (Å²) < 4.78 is 0. The number of pyridine rings is 1. The smallest absolute Gasteiger partial charge is 0.191 e. The quantitative estimate of drug-likeness (QED) is 0.546. The van der Waals surface area contributed by atoms with Crippen molar-refractivity contribution in [2.75, 3.05) is 19.6 Å². The van der Waals surface area contributed by atoms with Gasteiger partial charge in [0.2, 0.25) is 0 Å². The molecule has 5 heteroatoms. The molecule has 5 nitrogen and oxygen atoms in total. The first-order valence-electron chi connectivity index (χ1n) is 7.89. The second-order valence-corrected chi connectivity index (χ2v) is 5.48. The molecule has 116 valence electrons. The topological polar surface area (TPSA) is 69.5 Å². The summed E-state index contributed by atoms with van der Waals surface area (Å²) in [6.07, 6.45) is 5.63. The van der Waals surface area contributed by atoms with Crippen LogP contribution in [-0.4, -0.2) is 41.8 Å². The highest BCUT2D eigenvalue weighted by Crippen LogP contribution is 2.25. The number of rotatable bonds is 6. The summed E-state index contributed by atoms with van der Waals surface area (Å²) in [6, 6.07) is 5.96. The van der Waals surface area contributed by atoms with Crippen LogP contribution in [0.2, 0.25) is 0 Å². The Morgan fingerprint density at radius 2 is 2.29 bits per heavy atom. The Labute approximate surface area is 126 Å². The molecule has 0 bridgehead atoms. The van der Waals surface area contributed by atoms with Crippen molar-refractivity contribution >= 4 is 5.96 Å². The highest BCUT2D eigenvalue weighted by Gasteiger charge is 2.24. The molecule has 1 aliphatic carbocycles. The van der Waals surface area contributed by atoms with Crippen LogP contribution in [0.5, 0.6) is 0 Å². The van der Waals surface area contributed by atoms with Gasteiger partial charge in [0, 0.05) is 43.9 Å². The van der Waals surface area contributed by atoms with E-state index >= 15 is 0 Å².